The van der Waals surface area contributed by atoms with E-state index in [0.29, 0.717) is 5.57 Å². The number of nitrogens with one attached hydrogen (secondary N) is 1. The first-order valence-corrected chi connectivity index (χ1v) is 6.40. The van der Waals surface area contributed by atoms with Crippen molar-refractivity contribution in [3.63, 3.8) is 0 Å². The third-order valence-corrected chi connectivity index (χ3v) is 2.91. The second kappa shape index (κ2) is 7.64. The van der Waals surface area contributed by atoms with E-state index in [1.807, 2.05) is 0 Å². The van der Waals surface area contributed by atoms with Crippen molar-refractivity contribution in [3.8, 4) is 0 Å². The Morgan fingerprint density at radius 2 is 2.10 bits per heavy atom. The van der Waals surface area contributed by atoms with Gasteiger partial charge >= 0.3 is 12.1 Å². The molecule has 1 aromatic rings. The van der Waals surface area contributed by atoms with Crippen molar-refractivity contribution in [2.24, 2.45) is 0 Å². The number of allylic oxidation sites excluding steroid dienone is 1. The zero-order chi connectivity index (χ0) is 16.0. The summed E-state index contributed by atoms with van der Waals surface area (Å²) in [6.07, 6.45) is -0.555. The van der Waals surface area contributed by atoms with Gasteiger partial charge in [0, 0.05) is 5.02 Å². The largest absolute Gasteiger partial charge is 0.466 e. The number of ether oxygens (including phenoxy) is 2. The van der Waals surface area contributed by atoms with Gasteiger partial charge in [0.25, 0.3) is 0 Å². The van der Waals surface area contributed by atoms with Crippen molar-refractivity contribution in [3.05, 3.63) is 40.7 Å². The summed E-state index contributed by atoms with van der Waals surface area (Å²) in [5.41, 5.74) is 0.389. The van der Waals surface area contributed by atoms with Crippen LogP contribution >= 0.6 is 11.6 Å². The van der Waals surface area contributed by atoms with E-state index in [1.165, 1.54) is 19.2 Å². The molecule has 0 saturated heterocycles. The van der Waals surface area contributed by atoms with E-state index in [4.69, 9.17) is 16.3 Å². The molecular formula is C14H15ClFNO4. The summed E-state index contributed by atoms with van der Waals surface area (Å²) in [6.45, 7) is 3.29. The van der Waals surface area contributed by atoms with Crippen LogP contribution in [0.25, 0.3) is 0 Å². The highest BCUT2D eigenvalue weighted by molar-refractivity contribution is 6.30. The van der Waals surface area contributed by atoms with Gasteiger partial charge in [-0.05, 0) is 37.6 Å². The first-order valence-electron chi connectivity index (χ1n) is 6.02. The minimum Gasteiger partial charge on any atom is -0.466 e. The van der Waals surface area contributed by atoms with Gasteiger partial charge in [-0.3, -0.25) is 5.32 Å². The van der Waals surface area contributed by atoms with Gasteiger partial charge in [0.05, 0.1) is 12.8 Å². The molecule has 0 aliphatic carbocycles. The summed E-state index contributed by atoms with van der Waals surface area (Å²) < 4.78 is 23.0. The molecule has 0 heterocycles. The van der Waals surface area contributed by atoms with Crippen LogP contribution in [0.5, 0.6) is 0 Å². The standard InChI is InChI=1S/C14H15ClFNO4/c1-4-8(2)12(13(18)20-3)21-14(19)17-11-6-5-9(15)7-10(11)16/h4-7,12H,1-3H3,(H,17,19). The van der Waals surface area contributed by atoms with E-state index >= 15 is 0 Å². The van der Waals surface area contributed by atoms with Gasteiger partial charge in [0.2, 0.25) is 6.10 Å². The second-order valence-corrected chi connectivity index (χ2v) is 4.53. The topological polar surface area (TPSA) is 64.6 Å². The highest BCUT2D eigenvalue weighted by atomic mass is 35.5. The van der Waals surface area contributed by atoms with Crippen LogP contribution in [0.2, 0.25) is 5.02 Å². The Morgan fingerprint density at radius 1 is 1.43 bits per heavy atom. The van der Waals surface area contributed by atoms with E-state index in [9.17, 15) is 14.0 Å². The SMILES string of the molecule is CC=C(C)C(OC(=O)Nc1ccc(Cl)cc1F)C(=O)OC. The molecule has 0 radical (unpaired) electrons. The molecule has 0 spiro atoms. The summed E-state index contributed by atoms with van der Waals surface area (Å²) in [7, 11) is 1.18. The van der Waals surface area contributed by atoms with Crippen LogP contribution in [0, 0.1) is 5.82 Å². The molecular weight excluding hydrogens is 301 g/mol. The van der Waals surface area contributed by atoms with Gasteiger partial charge in [-0.1, -0.05) is 17.7 Å². The molecule has 21 heavy (non-hydrogen) atoms. The maximum absolute atomic E-state index is 13.5. The van der Waals surface area contributed by atoms with E-state index in [2.05, 4.69) is 10.1 Å². The number of amides is 1. The van der Waals surface area contributed by atoms with Crippen LogP contribution in [0.15, 0.2) is 29.8 Å². The Kier molecular flexibility index (Phi) is 6.17. The molecule has 114 valence electrons. The number of esters is 1. The minimum absolute atomic E-state index is 0.105. The monoisotopic (exact) mass is 315 g/mol. The third kappa shape index (κ3) is 4.75. The summed E-state index contributed by atoms with van der Waals surface area (Å²) in [5, 5.41) is 2.39. The normalized spacial score (nSPS) is 12.5. The molecule has 7 heteroatoms. The van der Waals surface area contributed by atoms with Crippen LogP contribution in [0.1, 0.15) is 13.8 Å². The van der Waals surface area contributed by atoms with Gasteiger partial charge in [-0.15, -0.1) is 0 Å². The zero-order valence-corrected chi connectivity index (χ0v) is 12.5. The number of anilines is 1. The van der Waals surface area contributed by atoms with Crippen LogP contribution in [0.4, 0.5) is 14.9 Å². The van der Waals surface area contributed by atoms with Gasteiger partial charge in [0.15, 0.2) is 0 Å². The summed E-state index contributed by atoms with van der Waals surface area (Å²) in [6, 6.07) is 3.75. The highest BCUT2D eigenvalue weighted by Crippen LogP contribution is 2.19. The maximum Gasteiger partial charge on any atom is 0.412 e. The van der Waals surface area contributed by atoms with E-state index in [0.717, 1.165) is 6.07 Å². The van der Waals surface area contributed by atoms with Crippen molar-refractivity contribution in [1.82, 2.24) is 0 Å². The fourth-order valence-corrected chi connectivity index (χ4v) is 1.58. The van der Waals surface area contributed by atoms with E-state index in [-0.39, 0.29) is 10.7 Å². The predicted octanol–water partition coefficient (Wildman–Crippen LogP) is 3.54. The summed E-state index contributed by atoms with van der Waals surface area (Å²) >= 11 is 5.61. The van der Waals surface area contributed by atoms with Crippen LogP contribution in [0.3, 0.4) is 0 Å². The molecule has 1 atom stereocenters. The lowest BCUT2D eigenvalue weighted by atomic mass is 10.1. The Bertz CT molecular complexity index is 574. The Morgan fingerprint density at radius 3 is 2.62 bits per heavy atom. The lowest BCUT2D eigenvalue weighted by Crippen LogP contribution is -2.31. The Labute approximate surface area is 126 Å². The number of benzene rings is 1. The van der Waals surface area contributed by atoms with Crippen molar-refractivity contribution in [2.45, 2.75) is 20.0 Å². The fraction of sp³-hybridized carbons (Fsp3) is 0.286. The predicted molar refractivity (Wildman–Crippen MR) is 76.7 cm³/mol. The number of rotatable bonds is 4. The molecule has 1 N–H and O–H groups in total. The average molecular weight is 316 g/mol. The summed E-state index contributed by atoms with van der Waals surface area (Å²) in [5.74, 6) is -1.44. The van der Waals surface area contributed by atoms with Crippen LogP contribution in [-0.2, 0) is 14.3 Å². The molecule has 1 amide bonds. The molecule has 1 rings (SSSR count). The van der Waals surface area contributed by atoms with Gasteiger partial charge < -0.3 is 9.47 Å². The number of hydrogen-bond donors (Lipinski definition) is 1. The number of carbonyl (C=O) groups excluding carboxylic acids is 2. The lowest BCUT2D eigenvalue weighted by molar-refractivity contribution is -0.148. The highest BCUT2D eigenvalue weighted by Gasteiger charge is 2.25. The van der Waals surface area contributed by atoms with E-state index in [1.54, 1.807) is 19.9 Å². The third-order valence-electron chi connectivity index (χ3n) is 2.68. The molecule has 0 aliphatic heterocycles. The molecule has 5 nitrogen and oxygen atoms in total. The fourth-order valence-electron chi connectivity index (χ4n) is 1.42. The van der Waals surface area contributed by atoms with Gasteiger partial charge in [0.1, 0.15) is 5.82 Å². The lowest BCUT2D eigenvalue weighted by Gasteiger charge is -2.16. The van der Waals surface area contributed by atoms with Crippen molar-refractivity contribution in [2.75, 3.05) is 12.4 Å². The molecule has 0 aliphatic rings. The molecule has 1 unspecified atom stereocenters. The molecule has 1 aromatic carbocycles. The van der Waals surface area contributed by atoms with Crippen LogP contribution < -0.4 is 5.32 Å². The van der Waals surface area contributed by atoms with Crippen molar-refractivity contribution >= 4 is 29.4 Å². The number of hydrogen-bond acceptors (Lipinski definition) is 4. The summed E-state index contributed by atoms with van der Waals surface area (Å²) in [4.78, 5) is 23.3. The van der Waals surface area contributed by atoms with Crippen molar-refractivity contribution in [1.29, 1.82) is 0 Å². The molecule has 0 saturated carbocycles. The smallest absolute Gasteiger partial charge is 0.412 e. The van der Waals surface area contributed by atoms with Gasteiger partial charge in [-0.25, -0.2) is 14.0 Å². The van der Waals surface area contributed by atoms with Gasteiger partial charge in [-0.2, -0.15) is 0 Å². The quantitative estimate of drug-likeness (QED) is 0.682. The average Bonchev–Trinajstić information content (AvgIpc) is 2.46. The Balaban J connectivity index is 2.81. The maximum atomic E-state index is 13.5. The second-order valence-electron chi connectivity index (χ2n) is 4.09. The van der Waals surface area contributed by atoms with Crippen LogP contribution in [-0.4, -0.2) is 25.3 Å². The molecule has 0 fully saturated rings. The number of carbonyl (C=O) groups is 2. The molecule has 0 bridgehead atoms. The number of halogens is 2. The van der Waals surface area contributed by atoms with E-state index < -0.39 is 24.0 Å². The first-order chi connectivity index (χ1) is 9.88. The first kappa shape index (κ1) is 17.0. The zero-order valence-electron chi connectivity index (χ0n) is 11.8. The number of methoxy groups -OCH3 is 1. The molecule has 0 aromatic heterocycles. The Hall–Kier alpha value is -2.08. The minimum atomic E-state index is -1.18. The van der Waals surface area contributed by atoms with Crippen molar-refractivity contribution < 1.29 is 23.5 Å².